The van der Waals surface area contributed by atoms with E-state index in [1.165, 1.54) is 62.1 Å². The fraction of sp³-hybridized carbons (Fsp3) is 0.792. The van der Waals surface area contributed by atoms with Crippen molar-refractivity contribution in [3.05, 3.63) is 43.0 Å². The quantitative estimate of drug-likeness (QED) is 0.117. The number of carbonyl (C=O) groups excluding carboxylic acids is 1. The van der Waals surface area contributed by atoms with Crippen LogP contribution in [0.2, 0.25) is 0 Å². The fourth-order valence-corrected chi connectivity index (χ4v) is 4.20. The first-order valence-electron chi connectivity index (χ1n) is 12.6. The van der Waals surface area contributed by atoms with Crippen LogP contribution in [0.15, 0.2) is 20.9 Å². The predicted octanol–water partition coefficient (Wildman–Crippen LogP) is 5.06. The minimum atomic E-state index is -0.714. The average Bonchev–Trinajstić information content (AvgIpc) is 3.21. The molecule has 1 fully saturated rings. The Hall–Kier alpha value is -2.58. The van der Waals surface area contributed by atoms with Gasteiger partial charge in [-0.2, -0.15) is 0 Å². The van der Waals surface area contributed by atoms with Gasteiger partial charge in [-0.15, -0.1) is 0 Å². The summed E-state index contributed by atoms with van der Waals surface area (Å²) in [5.74, 6) is -0.306. The van der Waals surface area contributed by atoms with Crippen LogP contribution in [0.25, 0.3) is 10.4 Å². The van der Waals surface area contributed by atoms with E-state index in [0.717, 1.165) is 19.3 Å². The van der Waals surface area contributed by atoms with Crippen LogP contribution in [0.1, 0.15) is 102 Å². The van der Waals surface area contributed by atoms with Gasteiger partial charge in [0.15, 0.2) is 0 Å². The molecule has 0 saturated carbocycles. The Morgan fingerprint density at radius 1 is 1.15 bits per heavy atom. The first-order chi connectivity index (χ1) is 16.5. The number of hydrogen-bond donors (Lipinski definition) is 1. The molecule has 10 nitrogen and oxygen atoms in total. The maximum Gasteiger partial charge on any atom is 0.330 e. The topological polar surface area (TPSA) is 139 Å². The maximum atomic E-state index is 12.1. The highest BCUT2D eigenvalue weighted by atomic mass is 16.6. The first kappa shape index (κ1) is 27.7. The number of H-pyrrole nitrogens is 1. The predicted molar refractivity (Wildman–Crippen MR) is 130 cm³/mol. The number of ether oxygens (including phenoxy) is 2. The number of nitrogens with zero attached hydrogens (tertiary/aromatic N) is 4. The highest BCUT2D eigenvalue weighted by molar-refractivity contribution is 5.69. The molecule has 0 spiro atoms. The van der Waals surface area contributed by atoms with Gasteiger partial charge < -0.3 is 9.47 Å². The number of nitrogens with one attached hydrogen (secondary N) is 1. The van der Waals surface area contributed by atoms with Crippen LogP contribution in [0.3, 0.4) is 0 Å². The molecule has 0 aliphatic carbocycles. The minimum absolute atomic E-state index is 0.0475. The van der Waals surface area contributed by atoms with Crippen LogP contribution >= 0.6 is 0 Å². The van der Waals surface area contributed by atoms with Gasteiger partial charge in [0.2, 0.25) is 0 Å². The standard InChI is InChI=1S/C24H39N5O5/c1-3-4-5-6-7-8-9-10-11-12-13-14-22(30)33-17-20-19(27-28-25)15-21(34-20)29-16-18(2)23(31)26-24(29)32/h16,19-21H,3-15,17H2,1-2H3,(H,26,31,32)/t19?,20-,21-/m1/s1. The second-order valence-electron chi connectivity index (χ2n) is 9.08. The third kappa shape index (κ3) is 9.35. The number of aromatic nitrogens is 2. The first-order valence-corrected chi connectivity index (χ1v) is 12.6. The van der Waals surface area contributed by atoms with Crippen molar-refractivity contribution in [1.29, 1.82) is 0 Å². The zero-order valence-electron chi connectivity index (χ0n) is 20.5. The van der Waals surface area contributed by atoms with Gasteiger partial charge in [0, 0.05) is 29.5 Å². The molecule has 190 valence electrons. The number of carbonyl (C=O) groups is 1. The molecule has 1 aliphatic rings. The molecule has 1 unspecified atom stereocenters. The summed E-state index contributed by atoms with van der Waals surface area (Å²) in [6.07, 6.45) is 14.0. The van der Waals surface area contributed by atoms with Crippen LogP contribution in [-0.4, -0.2) is 34.3 Å². The van der Waals surface area contributed by atoms with Gasteiger partial charge >= 0.3 is 11.7 Å². The normalized spacial score (nSPS) is 19.6. The number of unbranched alkanes of at least 4 members (excludes halogenated alkanes) is 10. The minimum Gasteiger partial charge on any atom is -0.463 e. The highest BCUT2D eigenvalue weighted by Crippen LogP contribution is 2.30. The van der Waals surface area contributed by atoms with Crippen molar-refractivity contribution in [1.82, 2.24) is 9.55 Å². The second kappa shape index (κ2) is 15.3. The molecule has 1 saturated heterocycles. The average molecular weight is 478 g/mol. The van der Waals surface area contributed by atoms with E-state index in [1.807, 2.05) is 0 Å². The molecule has 34 heavy (non-hydrogen) atoms. The molecular formula is C24H39N5O5. The number of aryl methyl sites for hydroxylation is 1. The summed E-state index contributed by atoms with van der Waals surface area (Å²) in [7, 11) is 0. The highest BCUT2D eigenvalue weighted by Gasteiger charge is 2.37. The molecule has 0 bridgehead atoms. The Bertz CT molecular complexity index is 921. The number of rotatable bonds is 16. The lowest BCUT2D eigenvalue weighted by Crippen LogP contribution is -2.33. The zero-order chi connectivity index (χ0) is 24.8. The summed E-state index contributed by atoms with van der Waals surface area (Å²) in [4.78, 5) is 41.0. The SMILES string of the molecule is CCCCCCCCCCCCCC(=O)OC[C@H]1O[C@@H](n2cc(C)c(=O)[nH]c2=O)CC1N=[N+]=[N-]. The molecule has 1 aliphatic heterocycles. The van der Waals surface area contributed by atoms with Gasteiger partial charge in [0.05, 0.1) is 6.04 Å². The van der Waals surface area contributed by atoms with Gasteiger partial charge in [0.1, 0.15) is 18.9 Å². The van der Waals surface area contributed by atoms with Crippen molar-refractivity contribution in [2.24, 2.45) is 5.11 Å². The summed E-state index contributed by atoms with van der Waals surface area (Å²) < 4.78 is 12.5. The molecule has 10 heteroatoms. The van der Waals surface area contributed by atoms with E-state index >= 15 is 0 Å². The lowest BCUT2D eigenvalue weighted by Gasteiger charge is -2.17. The number of hydrogen-bond acceptors (Lipinski definition) is 6. The Morgan fingerprint density at radius 2 is 1.76 bits per heavy atom. The summed E-state index contributed by atoms with van der Waals surface area (Å²) >= 11 is 0. The van der Waals surface area contributed by atoms with Gasteiger partial charge in [-0.3, -0.25) is 19.1 Å². The van der Waals surface area contributed by atoms with E-state index in [2.05, 4.69) is 21.9 Å². The summed E-state index contributed by atoms with van der Waals surface area (Å²) in [5, 5.41) is 3.74. The van der Waals surface area contributed by atoms with Crippen LogP contribution in [0, 0.1) is 6.92 Å². The summed E-state index contributed by atoms with van der Waals surface area (Å²) in [6, 6.07) is -0.580. The molecule has 1 aromatic heterocycles. The number of azide groups is 1. The van der Waals surface area contributed by atoms with Crippen LogP contribution in [-0.2, 0) is 14.3 Å². The zero-order valence-corrected chi connectivity index (χ0v) is 20.5. The Labute approximate surface area is 200 Å². The van der Waals surface area contributed by atoms with Crippen LogP contribution in [0.4, 0.5) is 0 Å². The number of aromatic amines is 1. The van der Waals surface area contributed by atoms with Gasteiger partial charge in [-0.1, -0.05) is 76.2 Å². The van der Waals surface area contributed by atoms with E-state index in [1.54, 1.807) is 6.92 Å². The van der Waals surface area contributed by atoms with Crippen molar-refractivity contribution < 1.29 is 14.3 Å². The molecule has 1 N–H and O–H groups in total. The summed E-state index contributed by atoms with van der Waals surface area (Å²) in [6.45, 7) is 3.77. The molecule has 2 rings (SSSR count). The molecule has 0 radical (unpaired) electrons. The Balaban J connectivity index is 1.67. The van der Waals surface area contributed by atoms with Crippen molar-refractivity contribution in [2.75, 3.05) is 6.61 Å². The monoisotopic (exact) mass is 477 g/mol. The van der Waals surface area contributed by atoms with Gasteiger partial charge in [-0.05, 0) is 18.9 Å². The third-order valence-electron chi connectivity index (χ3n) is 6.25. The van der Waals surface area contributed by atoms with Crippen molar-refractivity contribution in [3.8, 4) is 0 Å². The van der Waals surface area contributed by atoms with E-state index < -0.39 is 29.6 Å². The Morgan fingerprint density at radius 3 is 2.38 bits per heavy atom. The second-order valence-corrected chi connectivity index (χ2v) is 9.08. The van der Waals surface area contributed by atoms with Crippen molar-refractivity contribution in [2.45, 2.75) is 116 Å². The molecule has 3 atom stereocenters. The van der Waals surface area contributed by atoms with Gasteiger partial charge in [0.25, 0.3) is 5.56 Å². The Kier molecular flexibility index (Phi) is 12.5. The van der Waals surface area contributed by atoms with Crippen LogP contribution in [0.5, 0.6) is 0 Å². The summed E-state index contributed by atoms with van der Waals surface area (Å²) in [5.41, 5.74) is 8.17. The lowest BCUT2D eigenvalue weighted by molar-refractivity contribution is -0.148. The van der Waals surface area contributed by atoms with E-state index in [0.29, 0.717) is 12.0 Å². The molecule has 1 aromatic rings. The van der Waals surface area contributed by atoms with Crippen molar-refractivity contribution >= 4 is 5.97 Å². The maximum absolute atomic E-state index is 12.1. The molecule has 2 heterocycles. The number of esters is 1. The molecule has 0 aromatic carbocycles. The van der Waals surface area contributed by atoms with E-state index in [9.17, 15) is 14.4 Å². The van der Waals surface area contributed by atoms with E-state index in [4.69, 9.17) is 15.0 Å². The fourth-order valence-electron chi connectivity index (χ4n) is 4.20. The smallest absolute Gasteiger partial charge is 0.330 e. The third-order valence-corrected chi connectivity index (χ3v) is 6.25. The lowest BCUT2D eigenvalue weighted by atomic mass is 10.1. The van der Waals surface area contributed by atoms with Crippen molar-refractivity contribution in [3.63, 3.8) is 0 Å². The van der Waals surface area contributed by atoms with Gasteiger partial charge in [-0.25, -0.2) is 4.79 Å². The van der Waals surface area contributed by atoms with Crippen LogP contribution < -0.4 is 11.2 Å². The molecular weight excluding hydrogens is 438 g/mol. The molecule has 0 amide bonds. The largest absolute Gasteiger partial charge is 0.463 e. The van der Waals surface area contributed by atoms with E-state index in [-0.39, 0.29) is 19.0 Å².